The van der Waals surface area contributed by atoms with E-state index in [-0.39, 0.29) is 26.8 Å². The van der Waals surface area contributed by atoms with Crippen LogP contribution in [0.2, 0.25) is 0 Å². The Hall–Kier alpha value is -7.69. The summed E-state index contributed by atoms with van der Waals surface area (Å²) in [5.41, 5.74) is 16.9. The van der Waals surface area contributed by atoms with Gasteiger partial charge in [0.25, 0.3) is 0 Å². The Morgan fingerprint density at radius 2 is 1.09 bits per heavy atom. The number of phenolic OH excluding ortho intramolecular Hbond substituents is 1. The summed E-state index contributed by atoms with van der Waals surface area (Å²) >= 11 is 1.85. The predicted molar refractivity (Wildman–Crippen MR) is 279 cm³/mol. The molecule has 68 heavy (non-hydrogen) atoms. The third-order valence-electron chi connectivity index (χ3n) is 12.7. The van der Waals surface area contributed by atoms with E-state index in [4.69, 9.17) is 9.97 Å². The van der Waals surface area contributed by atoms with Gasteiger partial charge in [0.15, 0.2) is 0 Å². The summed E-state index contributed by atoms with van der Waals surface area (Å²) in [6.45, 7) is 2.77. The molecule has 12 rings (SSSR count). The summed E-state index contributed by atoms with van der Waals surface area (Å²) in [5, 5.41) is 14.7. The fourth-order valence-electron chi connectivity index (χ4n) is 9.57. The summed E-state index contributed by atoms with van der Waals surface area (Å²) < 4.78 is 5.06. The molecule has 0 aliphatic carbocycles. The number of hydrogen-bond acceptors (Lipinski definition) is 4. The number of phenols is 1. The van der Waals surface area contributed by atoms with Crippen LogP contribution in [0.4, 0.5) is 0 Å². The number of fused-ring (bicyclic) bond motifs is 4. The van der Waals surface area contributed by atoms with Crippen LogP contribution in [0.5, 0.6) is 5.75 Å². The molecule has 1 N–H and O–H groups in total. The van der Waals surface area contributed by atoms with Crippen molar-refractivity contribution in [2.24, 2.45) is 0 Å². The van der Waals surface area contributed by atoms with Crippen LogP contribution in [0.3, 0.4) is 0 Å². The van der Waals surface area contributed by atoms with E-state index in [0.717, 1.165) is 50.6 Å². The Bertz CT molecular complexity index is 3810. The summed E-state index contributed by atoms with van der Waals surface area (Å²) in [6, 6.07) is 80.3. The van der Waals surface area contributed by atoms with E-state index in [9.17, 15) is 5.11 Å². The van der Waals surface area contributed by atoms with Crippen LogP contribution in [0.25, 0.3) is 109 Å². The number of para-hydroxylation sites is 1. The molecule has 12 aromatic rings. The fourth-order valence-corrected chi connectivity index (χ4v) is 10.7. The molecule has 0 aliphatic heterocycles. The van der Waals surface area contributed by atoms with Crippen molar-refractivity contribution in [1.29, 1.82) is 0 Å². The number of aryl methyl sites for hydroxylation is 1. The second-order valence-electron chi connectivity index (χ2n) is 17.1. The van der Waals surface area contributed by atoms with Crippen molar-refractivity contribution in [3.8, 4) is 84.2 Å². The molecule has 4 heterocycles. The molecule has 0 bridgehead atoms. The maximum atomic E-state index is 11.0. The number of rotatable bonds is 9. The van der Waals surface area contributed by atoms with Crippen LogP contribution in [-0.2, 0) is 27.6 Å². The fraction of sp³-hybridized carbons (Fsp3) is 0.0323. The Morgan fingerprint density at radius 3 is 1.85 bits per heavy atom. The summed E-state index contributed by atoms with van der Waals surface area (Å²) in [5.74, 6) is 0.185. The predicted octanol–water partition coefficient (Wildman–Crippen LogP) is 16.3. The zero-order valence-corrected chi connectivity index (χ0v) is 40.1. The molecular weight excluding hydrogens is 1030 g/mol. The second kappa shape index (κ2) is 18.2. The van der Waals surface area contributed by atoms with Crippen LogP contribution in [0.15, 0.2) is 218 Å². The molecule has 6 heteroatoms. The van der Waals surface area contributed by atoms with Gasteiger partial charge in [-0.1, -0.05) is 163 Å². The maximum Gasteiger partial charge on any atom is 0.124 e. The largest absolute Gasteiger partial charge is 0.507 e. The molecule has 0 amide bonds. The van der Waals surface area contributed by atoms with E-state index < -0.39 is 0 Å². The molecule has 0 radical (unpaired) electrons. The number of aromatic hydroxyl groups is 1. The summed E-state index contributed by atoms with van der Waals surface area (Å²) in [6.07, 6.45) is 0. The number of pyridine rings is 2. The minimum absolute atomic E-state index is 0. The Kier molecular flexibility index (Phi) is 11.5. The average Bonchev–Trinajstić information content (AvgIpc) is 3.91. The molecule has 0 atom stereocenters. The molecule has 0 fully saturated rings. The quantitative estimate of drug-likeness (QED) is 0.147. The van der Waals surface area contributed by atoms with Gasteiger partial charge in [0, 0.05) is 86.9 Å². The normalized spacial score (nSPS) is 11.3. The van der Waals surface area contributed by atoms with Gasteiger partial charge < -0.3 is 9.67 Å². The monoisotopic (exact) mass is 1070 g/mol. The first-order chi connectivity index (χ1) is 33.0. The van der Waals surface area contributed by atoms with Crippen molar-refractivity contribution < 1.29 is 26.2 Å². The van der Waals surface area contributed by atoms with Crippen molar-refractivity contribution in [1.82, 2.24) is 14.5 Å². The Morgan fingerprint density at radius 1 is 0.471 bits per heavy atom. The van der Waals surface area contributed by atoms with Crippen LogP contribution in [-0.4, -0.2) is 19.6 Å². The van der Waals surface area contributed by atoms with Gasteiger partial charge in [-0.2, -0.15) is 0 Å². The molecule has 0 spiro atoms. The number of aromatic nitrogens is 3. The molecule has 0 unspecified atom stereocenters. The average molecular weight is 1070 g/mol. The zero-order chi connectivity index (χ0) is 44.8. The van der Waals surface area contributed by atoms with Crippen molar-refractivity contribution in [3.05, 3.63) is 236 Å². The van der Waals surface area contributed by atoms with Gasteiger partial charge in [-0.15, -0.1) is 35.6 Å². The molecule has 4 aromatic heterocycles. The van der Waals surface area contributed by atoms with E-state index >= 15 is 0 Å². The van der Waals surface area contributed by atoms with Crippen LogP contribution < -0.4 is 0 Å². The number of benzene rings is 8. The standard InChI is InChI=1S/C62H42N3OS.Pt/c1-40-32-49(37-54(63-40)45-22-15-23-46(33-45)55-35-48(43-20-9-4-10-21-43)36-56(64-55)52-25-11-13-26-58(52)66)62-61(47-28-30-51-50-24-12-14-27-59(50)67-60(51)38-47)53-34-44(42-18-7-3-8-19-42)29-31-57(53)65(62)39-41-16-5-2-6-17-41;/h2-32,34-38,66H,39H2,1H3;/q-1;. The zero-order valence-electron chi connectivity index (χ0n) is 37.0. The van der Waals surface area contributed by atoms with E-state index in [1.807, 2.05) is 53.8 Å². The van der Waals surface area contributed by atoms with Crippen molar-refractivity contribution >= 4 is 42.4 Å². The van der Waals surface area contributed by atoms with E-state index in [2.05, 4.69) is 187 Å². The van der Waals surface area contributed by atoms with Crippen molar-refractivity contribution in [2.75, 3.05) is 0 Å². The number of thiophene rings is 1. The third-order valence-corrected chi connectivity index (χ3v) is 13.8. The van der Waals surface area contributed by atoms with Gasteiger partial charge in [-0.25, -0.2) is 0 Å². The molecule has 8 aromatic carbocycles. The molecule has 0 saturated heterocycles. The van der Waals surface area contributed by atoms with Gasteiger partial charge in [0.05, 0.1) is 11.4 Å². The van der Waals surface area contributed by atoms with Crippen LogP contribution in [0, 0.1) is 13.0 Å². The molecular formula is C62H42N3OPtS-. The first-order valence-electron chi connectivity index (χ1n) is 22.6. The minimum atomic E-state index is 0. The number of hydrogen-bond donors (Lipinski definition) is 1. The van der Waals surface area contributed by atoms with E-state index in [1.165, 1.54) is 58.9 Å². The minimum Gasteiger partial charge on any atom is -0.507 e. The van der Waals surface area contributed by atoms with Crippen molar-refractivity contribution in [2.45, 2.75) is 13.5 Å². The van der Waals surface area contributed by atoms with Gasteiger partial charge in [-0.05, 0) is 94.4 Å². The molecule has 0 aliphatic rings. The van der Waals surface area contributed by atoms with Gasteiger partial charge in [-0.3, -0.25) is 9.97 Å². The first kappa shape index (κ1) is 42.9. The van der Waals surface area contributed by atoms with E-state index in [0.29, 0.717) is 17.8 Å². The molecule has 0 saturated carbocycles. The Labute approximate surface area is 413 Å². The first-order valence-corrected chi connectivity index (χ1v) is 23.4. The topological polar surface area (TPSA) is 50.9 Å². The van der Waals surface area contributed by atoms with E-state index in [1.54, 1.807) is 6.07 Å². The summed E-state index contributed by atoms with van der Waals surface area (Å²) in [7, 11) is 0. The summed E-state index contributed by atoms with van der Waals surface area (Å²) in [4.78, 5) is 10.4. The van der Waals surface area contributed by atoms with Crippen molar-refractivity contribution in [3.63, 3.8) is 0 Å². The second-order valence-corrected chi connectivity index (χ2v) is 18.2. The third kappa shape index (κ3) is 8.04. The maximum absolute atomic E-state index is 11.0. The van der Waals surface area contributed by atoms with Crippen LogP contribution >= 0.6 is 11.3 Å². The molecule has 4 nitrogen and oxygen atoms in total. The SMILES string of the molecule is Cc1cc(-c2c(-c3ccc4c(c3)sc3ccccc34)c3cc(-c4ccccc4)ccc3n2Cc2ccccc2)cc(-c2[c-]c(-c3cc(-c4ccccc4)cc(-c4ccccc4O)n3)ccc2)n1.[Pt]. The van der Waals surface area contributed by atoms with Gasteiger partial charge >= 0.3 is 0 Å². The number of nitrogens with zero attached hydrogens (tertiary/aromatic N) is 3. The van der Waals surface area contributed by atoms with Crippen LogP contribution in [0.1, 0.15) is 11.3 Å². The van der Waals surface area contributed by atoms with Gasteiger partial charge in [0.2, 0.25) is 0 Å². The smallest absolute Gasteiger partial charge is 0.124 e. The molecule has 328 valence electrons. The Balaban J connectivity index is 0.00000507. The van der Waals surface area contributed by atoms with Gasteiger partial charge in [0.1, 0.15) is 5.75 Å².